The van der Waals surface area contributed by atoms with Gasteiger partial charge in [0.1, 0.15) is 5.75 Å². The van der Waals surface area contributed by atoms with Crippen LogP contribution in [0, 0.1) is 0 Å². The molecule has 1 atom stereocenters. The maximum Gasteiger partial charge on any atom is 0.341 e. The zero-order valence-corrected chi connectivity index (χ0v) is 19.9. The predicted octanol–water partition coefficient (Wildman–Crippen LogP) is 5.93. The number of fused-ring (bicyclic) bond motifs is 1. The topological polar surface area (TPSA) is 85.5 Å². The van der Waals surface area contributed by atoms with E-state index in [1.807, 2.05) is 48.5 Å². The van der Waals surface area contributed by atoms with Gasteiger partial charge in [-0.25, -0.2) is 4.79 Å². The van der Waals surface area contributed by atoms with Crippen molar-refractivity contribution in [2.45, 2.75) is 37.5 Å². The molecule has 1 aliphatic carbocycles. The van der Waals surface area contributed by atoms with Crippen molar-refractivity contribution >= 4 is 5.97 Å². The molecule has 1 unspecified atom stereocenters. The summed E-state index contributed by atoms with van der Waals surface area (Å²) in [5, 5.41) is 13.2. The van der Waals surface area contributed by atoms with Gasteiger partial charge in [-0.05, 0) is 47.6 Å². The molecule has 5 rings (SSSR count). The van der Waals surface area contributed by atoms with Gasteiger partial charge in [-0.3, -0.25) is 0 Å². The van der Waals surface area contributed by atoms with Gasteiger partial charge in [0.25, 0.3) is 0 Å². The molecule has 3 aromatic carbocycles. The average Bonchev–Trinajstić information content (AvgIpc) is 3.37. The molecule has 1 aliphatic rings. The van der Waals surface area contributed by atoms with Crippen LogP contribution in [0.25, 0.3) is 0 Å². The Bertz CT molecular complexity index is 1290. The van der Waals surface area contributed by atoms with Crippen molar-refractivity contribution < 1.29 is 19.2 Å². The van der Waals surface area contributed by atoms with E-state index in [0.29, 0.717) is 23.9 Å². The molecular formula is C30H28N2O4. The number of rotatable bonds is 9. The van der Waals surface area contributed by atoms with Crippen molar-refractivity contribution in [2.75, 3.05) is 6.61 Å². The van der Waals surface area contributed by atoms with Crippen molar-refractivity contribution in [3.8, 4) is 5.75 Å². The zero-order chi connectivity index (χ0) is 24.7. The van der Waals surface area contributed by atoms with E-state index in [0.717, 1.165) is 36.0 Å². The number of aliphatic carboxylic acids is 1. The molecule has 182 valence electrons. The molecule has 1 heterocycles. The summed E-state index contributed by atoms with van der Waals surface area (Å²) >= 11 is 0. The first kappa shape index (κ1) is 23.5. The highest BCUT2D eigenvalue weighted by Gasteiger charge is 2.24. The minimum atomic E-state index is -0.971. The number of benzene rings is 3. The second-order valence-electron chi connectivity index (χ2n) is 8.94. The third-order valence-electron chi connectivity index (χ3n) is 6.53. The van der Waals surface area contributed by atoms with Crippen LogP contribution in [-0.4, -0.2) is 27.8 Å². The van der Waals surface area contributed by atoms with Crippen LogP contribution >= 0.6 is 0 Å². The SMILES string of the molecule is O=C(O)COc1cccc2c1CCCC2/C=C/Cc1noc(C(c2ccccc2)c2ccccc2)n1. The van der Waals surface area contributed by atoms with Crippen molar-refractivity contribution in [1.82, 2.24) is 10.1 Å². The number of ether oxygens (including phenoxy) is 1. The summed E-state index contributed by atoms with van der Waals surface area (Å²) < 4.78 is 11.3. The number of carboxylic acid groups (broad SMARTS) is 1. The normalized spacial score (nSPS) is 15.2. The number of hydrogen-bond acceptors (Lipinski definition) is 5. The van der Waals surface area contributed by atoms with Crippen molar-refractivity contribution in [2.24, 2.45) is 0 Å². The van der Waals surface area contributed by atoms with E-state index < -0.39 is 5.97 Å². The van der Waals surface area contributed by atoms with E-state index in [2.05, 4.69) is 47.6 Å². The Morgan fingerprint density at radius 3 is 2.44 bits per heavy atom. The molecule has 6 heteroatoms. The third-order valence-corrected chi connectivity index (χ3v) is 6.53. The lowest BCUT2D eigenvalue weighted by Gasteiger charge is -2.25. The molecule has 0 fully saturated rings. The van der Waals surface area contributed by atoms with E-state index in [4.69, 9.17) is 19.4 Å². The largest absolute Gasteiger partial charge is 0.482 e. The summed E-state index contributed by atoms with van der Waals surface area (Å²) in [6, 6.07) is 26.3. The minimum Gasteiger partial charge on any atom is -0.482 e. The van der Waals surface area contributed by atoms with Gasteiger partial charge in [0.2, 0.25) is 5.89 Å². The fourth-order valence-corrected chi connectivity index (χ4v) is 4.90. The van der Waals surface area contributed by atoms with E-state index in [1.165, 1.54) is 5.56 Å². The molecule has 0 amide bonds. The van der Waals surface area contributed by atoms with Crippen molar-refractivity contribution in [3.05, 3.63) is 125 Å². The monoisotopic (exact) mass is 480 g/mol. The number of carboxylic acids is 1. The molecule has 0 saturated heterocycles. The van der Waals surface area contributed by atoms with Gasteiger partial charge in [0, 0.05) is 12.3 Å². The quantitative estimate of drug-likeness (QED) is 0.299. The molecular weight excluding hydrogens is 452 g/mol. The molecule has 0 saturated carbocycles. The minimum absolute atomic E-state index is 0.118. The Hall–Kier alpha value is -4.19. The fraction of sp³-hybridized carbons (Fsp3) is 0.233. The molecule has 0 radical (unpaired) electrons. The maximum absolute atomic E-state index is 10.9. The molecule has 0 spiro atoms. The van der Waals surface area contributed by atoms with Crippen LogP contribution in [0.5, 0.6) is 5.75 Å². The highest BCUT2D eigenvalue weighted by molar-refractivity contribution is 5.68. The first-order valence-electron chi connectivity index (χ1n) is 12.2. The van der Waals surface area contributed by atoms with E-state index in [-0.39, 0.29) is 18.4 Å². The molecule has 1 N–H and O–H groups in total. The number of aromatic nitrogens is 2. The Balaban J connectivity index is 1.32. The van der Waals surface area contributed by atoms with E-state index in [9.17, 15) is 4.79 Å². The van der Waals surface area contributed by atoms with Gasteiger partial charge < -0.3 is 14.4 Å². The van der Waals surface area contributed by atoms with Crippen LogP contribution in [0.3, 0.4) is 0 Å². The Labute approximate surface area is 210 Å². The average molecular weight is 481 g/mol. The van der Waals surface area contributed by atoms with Crippen LogP contribution in [0.1, 0.15) is 58.6 Å². The van der Waals surface area contributed by atoms with Gasteiger partial charge in [0.15, 0.2) is 12.4 Å². The lowest BCUT2D eigenvalue weighted by Crippen LogP contribution is -2.14. The summed E-state index contributed by atoms with van der Waals surface area (Å²) in [6.45, 7) is -0.329. The van der Waals surface area contributed by atoms with Gasteiger partial charge in [-0.1, -0.05) is 90.1 Å². The van der Waals surface area contributed by atoms with Crippen molar-refractivity contribution in [1.29, 1.82) is 0 Å². The molecule has 36 heavy (non-hydrogen) atoms. The lowest BCUT2D eigenvalue weighted by molar-refractivity contribution is -0.139. The van der Waals surface area contributed by atoms with Gasteiger partial charge in [-0.2, -0.15) is 4.98 Å². The van der Waals surface area contributed by atoms with Crippen LogP contribution < -0.4 is 4.74 Å². The second kappa shape index (κ2) is 11.0. The third kappa shape index (κ3) is 5.38. The summed E-state index contributed by atoms with van der Waals surface area (Å²) in [5.74, 6) is 1.05. The molecule has 6 nitrogen and oxygen atoms in total. The zero-order valence-electron chi connectivity index (χ0n) is 19.9. The van der Waals surface area contributed by atoms with Crippen LogP contribution in [0.2, 0.25) is 0 Å². The number of hydrogen-bond donors (Lipinski definition) is 1. The Morgan fingerprint density at radius 1 is 1.03 bits per heavy atom. The summed E-state index contributed by atoms with van der Waals surface area (Å²) in [4.78, 5) is 15.7. The number of nitrogens with zero attached hydrogens (tertiary/aromatic N) is 2. The summed E-state index contributed by atoms with van der Waals surface area (Å²) in [5.41, 5.74) is 4.51. The van der Waals surface area contributed by atoms with Gasteiger partial charge in [0.05, 0.1) is 5.92 Å². The number of allylic oxidation sites excluding steroid dienone is 2. The van der Waals surface area contributed by atoms with Crippen molar-refractivity contribution in [3.63, 3.8) is 0 Å². The van der Waals surface area contributed by atoms with Crippen LogP contribution in [-0.2, 0) is 17.6 Å². The highest BCUT2D eigenvalue weighted by Crippen LogP contribution is 2.37. The Morgan fingerprint density at radius 2 is 1.75 bits per heavy atom. The molecule has 1 aromatic heterocycles. The number of carbonyl (C=O) groups is 1. The first-order valence-corrected chi connectivity index (χ1v) is 12.2. The molecule has 0 bridgehead atoms. The highest BCUT2D eigenvalue weighted by atomic mass is 16.5. The predicted molar refractivity (Wildman–Crippen MR) is 136 cm³/mol. The fourth-order valence-electron chi connectivity index (χ4n) is 4.90. The lowest BCUT2D eigenvalue weighted by atomic mass is 9.82. The summed E-state index contributed by atoms with van der Waals surface area (Å²) in [7, 11) is 0. The molecule has 4 aromatic rings. The maximum atomic E-state index is 10.9. The van der Waals surface area contributed by atoms with E-state index >= 15 is 0 Å². The summed E-state index contributed by atoms with van der Waals surface area (Å²) in [6.07, 6.45) is 7.82. The van der Waals surface area contributed by atoms with Gasteiger partial charge in [-0.15, -0.1) is 0 Å². The standard InChI is InChI=1S/C30H28N2O4/c33-28(34)20-35-26-18-9-16-24-21(14-7-17-25(24)26)15-8-19-27-31-30(36-32-27)29(22-10-3-1-4-11-22)23-12-5-2-6-13-23/h1-6,8-13,15-16,18,21,29H,7,14,17,19-20H2,(H,33,34)/b15-8+. The van der Waals surface area contributed by atoms with Crippen LogP contribution in [0.15, 0.2) is 95.5 Å². The smallest absolute Gasteiger partial charge is 0.341 e. The van der Waals surface area contributed by atoms with Gasteiger partial charge >= 0.3 is 5.97 Å². The van der Waals surface area contributed by atoms with E-state index in [1.54, 1.807) is 0 Å². The second-order valence-corrected chi connectivity index (χ2v) is 8.94. The molecule has 0 aliphatic heterocycles. The first-order chi connectivity index (χ1) is 17.7. The van der Waals surface area contributed by atoms with Crippen LogP contribution in [0.4, 0.5) is 0 Å². The Kier molecular flexibility index (Phi) is 7.22.